The molecule has 0 aliphatic heterocycles. The molecule has 0 heterocycles. The van der Waals surface area contributed by atoms with E-state index < -0.39 is 13.7 Å². The van der Waals surface area contributed by atoms with Crippen molar-refractivity contribution in [2.24, 2.45) is 0 Å². The molecule has 0 spiro atoms. The molecule has 1 aromatic rings. The smallest absolute Gasteiger partial charge is 0.321 e. The van der Waals surface area contributed by atoms with Crippen LogP contribution in [0.4, 0.5) is 0 Å². The Kier molecular flexibility index (Phi) is 4.69. The average molecular weight is 238 g/mol. The van der Waals surface area contributed by atoms with Gasteiger partial charge in [0, 0.05) is 0 Å². The Bertz CT molecular complexity index is 400. The fourth-order valence-electron chi connectivity index (χ4n) is 1.21. The number of rotatable bonds is 6. The maximum atomic E-state index is 11.9. The summed E-state index contributed by atoms with van der Waals surface area (Å²) < 4.78 is 17.0. The SMILES string of the molecule is C=CCC(C=C)OP(=O)(O)c1ccccc1. The number of hydrogen-bond donors (Lipinski definition) is 1. The van der Waals surface area contributed by atoms with E-state index in [1.807, 2.05) is 0 Å². The first-order valence-electron chi connectivity index (χ1n) is 4.90. The van der Waals surface area contributed by atoms with E-state index in [1.165, 1.54) is 6.08 Å². The molecular weight excluding hydrogens is 223 g/mol. The summed E-state index contributed by atoms with van der Waals surface area (Å²) in [6.07, 6.45) is 3.08. The Morgan fingerprint density at radius 2 is 2.00 bits per heavy atom. The average Bonchev–Trinajstić information content (AvgIpc) is 2.29. The Hall–Kier alpha value is -1.15. The lowest BCUT2D eigenvalue weighted by molar-refractivity contribution is 0.221. The van der Waals surface area contributed by atoms with Gasteiger partial charge in [0.15, 0.2) is 0 Å². The highest BCUT2D eigenvalue weighted by molar-refractivity contribution is 7.61. The van der Waals surface area contributed by atoms with E-state index >= 15 is 0 Å². The van der Waals surface area contributed by atoms with Crippen LogP contribution in [0, 0.1) is 0 Å². The van der Waals surface area contributed by atoms with Gasteiger partial charge in [0.25, 0.3) is 0 Å². The Morgan fingerprint density at radius 1 is 1.38 bits per heavy atom. The molecule has 1 N–H and O–H groups in total. The quantitative estimate of drug-likeness (QED) is 0.612. The van der Waals surface area contributed by atoms with E-state index in [0.717, 1.165) is 0 Å². The largest absolute Gasteiger partial charge is 0.359 e. The van der Waals surface area contributed by atoms with Crippen molar-refractivity contribution in [2.75, 3.05) is 0 Å². The second-order valence-electron chi connectivity index (χ2n) is 3.26. The van der Waals surface area contributed by atoms with Gasteiger partial charge in [-0.25, -0.2) is 0 Å². The summed E-state index contributed by atoms with van der Waals surface area (Å²) in [7, 11) is -3.77. The van der Waals surface area contributed by atoms with Crippen LogP contribution in [-0.4, -0.2) is 11.0 Å². The zero-order chi connectivity index (χ0) is 12.0. The fraction of sp³-hybridized carbons (Fsp3) is 0.167. The highest BCUT2D eigenvalue weighted by atomic mass is 31.2. The molecule has 0 aromatic heterocycles. The van der Waals surface area contributed by atoms with Crippen molar-refractivity contribution >= 4 is 12.9 Å². The van der Waals surface area contributed by atoms with Crippen LogP contribution in [0.3, 0.4) is 0 Å². The molecule has 0 amide bonds. The Labute approximate surface area is 95.6 Å². The lowest BCUT2D eigenvalue weighted by atomic mass is 10.2. The zero-order valence-electron chi connectivity index (χ0n) is 8.95. The minimum atomic E-state index is -3.77. The van der Waals surface area contributed by atoms with Gasteiger partial charge in [0.05, 0.1) is 11.4 Å². The summed E-state index contributed by atoms with van der Waals surface area (Å²) in [5.41, 5.74) is 0. The summed E-state index contributed by atoms with van der Waals surface area (Å²) in [5, 5.41) is 0.283. The molecule has 0 saturated heterocycles. The Balaban J connectivity index is 2.82. The van der Waals surface area contributed by atoms with Crippen LogP contribution in [-0.2, 0) is 9.09 Å². The van der Waals surface area contributed by atoms with Crippen LogP contribution in [0.2, 0.25) is 0 Å². The van der Waals surface area contributed by atoms with Crippen LogP contribution in [0.1, 0.15) is 6.42 Å². The molecule has 1 aromatic carbocycles. The summed E-state index contributed by atoms with van der Waals surface area (Å²) >= 11 is 0. The van der Waals surface area contributed by atoms with Gasteiger partial charge in [0.2, 0.25) is 0 Å². The highest BCUT2D eigenvalue weighted by Gasteiger charge is 2.25. The lowest BCUT2D eigenvalue weighted by Gasteiger charge is -2.17. The molecule has 0 bridgehead atoms. The molecule has 0 aliphatic carbocycles. The van der Waals surface area contributed by atoms with Crippen LogP contribution >= 0.6 is 7.60 Å². The van der Waals surface area contributed by atoms with E-state index in [4.69, 9.17) is 4.52 Å². The molecule has 0 aliphatic rings. The minimum absolute atomic E-state index is 0.283. The van der Waals surface area contributed by atoms with Gasteiger partial charge in [-0.05, 0) is 18.6 Å². The summed E-state index contributed by atoms with van der Waals surface area (Å²) in [4.78, 5) is 9.77. The topological polar surface area (TPSA) is 46.5 Å². The second-order valence-corrected chi connectivity index (χ2v) is 5.03. The van der Waals surface area contributed by atoms with E-state index in [0.29, 0.717) is 6.42 Å². The van der Waals surface area contributed by atoms with Crippen molar-refractivity contribution in [1.82, 2.24) is 0 Å². The lowest BCUT2D eigenvalue weighted by Crippen LogP contribution is -2.13. The predicted octanol–water partition coefficient (Wildman–Crippen LogP) is 2.64. The van der Waals surface area contributed by atoms with Crippen molar-refractivity contribution in [2.45, 2.75) is 12.5 Å². The molecule has 3 nitrogen and oxygen atoms in total. The van der Waals surface area contributed by atoms with Gasteiger partial charge in [-0.1, -0.05) is 30.4 Å². The van der Waals surface area contributed by atoms with Crippen LogP contribution in [0.5, 0.6) is 0 Å². The third-order valence-electron chi connectivity index (χ3n) is 2.02. The summed E-state index contributed by atoms with van der Waals surface area (Å²) in [6.45, 7) is 7.10. The molecule has 0 fully saturated rings. The van der Waals surface area contributed by atoms with Crippen LogP contribution < -0.4 is 5.30 Å². The Morgan fingerprint density at radius 3 is 2.50 bits per heavy atom. The molecule has 0 saturated carbocycles. The molecule has 2 atom stereocenters. The normalized spacial score (nSPS) is 16.1. The van der Waals surface area contributed by atoms with E-state index in [-0.39, 0.29) is 5.30 Å². The van der Waals surface area contributed by atoms with Crippen molar-refractivity contribution < 1.29 is 14.0 Å². The van der Waals surface area contributed by atoms with E-state index in [2.05, 4.69) is 13.2 Å². The standard InChI is InChI=1S/C12H15O3P/c1-3-8-11(4-2)15-16(13,14)12-9-6-5-7-10-12/h3-7,9-11H,1-2,8H2,(H,13,14). The maximum Gasteiger partial charge on any atom is 0.359 e. The predicted molar refractivity (Wildman–Crippen MR) is 65.8 cm³/mol. The monoisotopic (exact) mass is 238 g/mol. The summed E-state index contributed by atoms with van der Waals surface area (Å²) in [5.74, 6) is 0. The number of benzene rings is 1. The minimum Gasteiger partial charge on any atom is -0.321 e. The molecule has 1 rings (SSSR count). The van der Waals surface area contributed by atoms with Crippen LogP contribution in [0.15, 0.2) is 55.6 Å². The van der Waals surface area contributed by atoms with Crippen molar-refractivity contribution in [3.63, 3.8) is 0 Å². The first-order chi connectivity index (χ1) is 7.60. The molecule has 4 heteroatoms. The third kappa shape index (κ3) is 3.46. The third-order valence-corrected chi connectivity index (χ3v) is 3.53. The zero-order valence-corrected chi connectivity index (χ0v) is 9.85. The first kappa shape index (κ1) is 12.9. The maximum absolute atomic E-state index is 11.9. The summed E-state index contributed by atoms with van der Waals surface area (Å²) in [6, 6.07) is 8.29. The van der Waals surface area contributed by atoms with Gasteiger partial charge in [-0.2, -0.15) is 0 Å². The first-order valence-corrected chi connectivity index (χ1v) is 6.48. The molecule has 2 unspecified atom stereocenters. The van der Waals surface area contributed by atoms with Crippen LogP contribution in [0.25, 0.3) is 0 Å². The molecule has 16 heavy (non-hydrogen) atoms. The van der Waals surface area contributed by atoms with Crippen molar-refractivity contribution in [3.05, 3.63) is 55.6 Å². The highest BCUT2D eigenvalue weighted by Crippen LogP contribution is 2.42. The van der Waals surface area contributed by atoms with Gasteiger partial charge in [-0.15, -0.1) is 13.2 Å². The van der Waals surface area contributed by atoms with Gasteiger partial charge >= 0.3 is 7.60 Å². The van der Waals surface area contributed by atoms with Gasteiger partial charge in [-0.3, -0.25) is 9.09 Å². The van der Waals surface area contributed by atoms with Crippen molar-refractivity contribution in [1.29, 1.82) is 0 Å². The van der Waals surface area contributed by atoms with Gasteiger partial charge < -0.3 is 4.89 Å². The number of hydrogen-bond acceptors (Lipinski definition) is 2. The van der Waals surface area contributed by atoms with E-state index in [1.54, 1.807) is 36.4 Å². The van der Waals surface area contributed by atoms with Crippen molar-refractivity contribution in [3.8, 4) is 0 Å². The molecular formula is C12H15O3P. The van der Waals surface area contributed by atoms with E-state index in [9.17, 15) is 9.46 Å². The molecule has 0 radical (unpaired) electrons. The fourth-order valence-corrected chi connectivity index (χ4v) is 2.42. The molecule has 86 valence electrons. The second kappa shape index (κ2) is 5.80. The van der Waals surface area contributed by atoms with Gasteiger partial charge in [0.1, 0.15) is 0 Å².